The SMILES string of the molecule is O[C@@H]1O[C@H]([C@H]2N[C@@H]2c2ccccc2)N2[C@H]1[C@H]2c1ccccc1. The van der Waals surface area contributed by atoms with Gasteiger partial charge in [0.1, 0.15) is 6.23 Å². The molecule has 3 aliphatic heterocycles. The molecule has 0 bridgehead atoms. The molecule has 0 aromatic heterocycles. The quantitative estimate of drug-likeness (QED) is 0.848. The van der Waals surface area contributed by atoms with E-state index < -0.39 is 6.29 Å². The van der Waals surface area contributed by atoms with Crippen LogP contribution in [0.15, 0.2) is 60.7 Å². The van der Waals surface area contributed by atoms with Gasteiger partial charge in [-0.25, -0.2) is 0 Å². The Morgan fingerprint density at radius 1 is 0.909 bits per heavy atom. The zero-order valence-electron chi connectivity index (χ0n) is 12.0. The van der Waals surface area contributed by atoms with Crippen LogP contribution in [-0.2, 0) is 4.74 Å². The van der Waals surface area contributed by atoms with Crippen molar-refractivity contribution in [2.75, 3.05) is 0 Å². The van der Waals surface area contributed by atoms with Crippen LogP contribution in [0.2, 0.25) is 0 Å². The van der Waals surface area contributed by atoms with Gasteiger partial charge in [0.2, 0.25) is 0 Å². The zero-order chi connectivity index (χ0) is 14.7. The summed E-state index contributed by atoms with van der Waals surface area (Å²) in [6, 6.07) is 21.8. The number of aliphatic hydroxyl groups excluding tert-OH is 1. The minimum atomic E-state index is -0.686. The summed E-state index contributed by atoms with van der Waals surface area (Å²) in [4.78, 5) is 2.29. The summed E-state index contributed by atoms with van der Waals surface area (Å²) in [6.07, 6.45) is -0.732. The highest BCUT2D eigenvalue weighted by Gasteiger charge is 2.66. The molecule has 0 radical (unpaired) electrons. The van der Waals surface area contributed by atoms with Crippen molar-refractivity contribution in [3.05, 3.63) is 71.8 Å². The number of nitrogens with one attached hydrogen (secondary N) is 1. The summed E-state index contributed by atoms with van der Waals surface area (Å²) in [5.41, 5.74) is 2.55. The molecule has 7 atom stereocenters. The van der Waals surface area contributed by atoms with Crippen LogP contribution in [0.25, 0.3) is 0 Å². The zero-order valence-corrected chi connectivity index (χ0v) is 12.0. The third-order valence-corrected chi connectivity index (χ3v) is 4.99. The van der Waals surface area contributed by atoms with Crippen molar-refractivity contribution in [2.45, 2.75) is 36.7 Å². The van der Waals surface area contributed by atoms with Gasteiger partial charge in [0, 0.05) is 0 Å². The number of hydrogen-bond donors (Lipinski definition) is 2. The number of aliphatic hydroxyl groups is 1. The fraction of sp³-hybridized carbons (Fsp3) is 0.333. The van der Waals surface area contributed by atoms with Gasteiger partial charge in [-0.15, -0.1) is 0 Å². The summed E-state index contributed by atoms with van der Waals surface area (Å²) >= 11 is 0. The van der Waals surface area contributed by atoms with E-state index in [4.69, 9.17) is 4.74 Å². The summed E-state index contributed by atoms with van der Waals surface area (Å²) in [6.45, 7) is 0. The number of benzene rings is 2. The number of rotatable bonds is 3. The molecule has 2 aromatic carbocycles. The van der Waals surface area contributed by atoms with Gasteiger partial charge in [0.25, 0.3) is 0 Å². The lowest BCUT2D eigenvalue weighted by Crippen LogP contribution is -2.29. The molecule has 2 N–H and O–H groups in total. The van der Waals surface area contributed by atoms with Crippen LogP contribution in [0, 0.1) is 0 Å². The first kappa shape index (κ1) is 12.8. The van der Waals surface area contributed by atoms with Crippen molar-refractivity contribution in [1.29, 1.82) is 0 Å². The van der Waals surface area contributed by atoms with E-state index in [1.165, 1.54) is 11.1 Å². The van der Waals surface area contributed by atoms with E-state index in [1.807, 2.05) is 12.1 Å². The molecule has 0 spiro atoms. The average molecular weight is 294 g/mol. The minimum Gasteiger partial charge on any atom is -0.366 e. The molecule has 3 saturated heterocycles. The Kier molecular flexibility index (Phi) is 2.69. The summed E-state index contributed by atoms with van der Waals surface area (Å²) < 4.78 is 5.77. The number of fused-ring (bicyclic) bond motifs is 1. The molecular formula is C18H18N2O2. The molecule has 5 rings (SSSR count). The predicted octanol–water partition coefficient (Wildman–Crippen LogP) is 1.80. The molecular weight excluding hydrogens is 276 g/mol. The fourth-order valence-corrected chi connectivity index (χ4v) is 3.84. The largest absolute Gasteiger partial charge is 0.366 e. The van der Waals surface area contributed by atoms with Gasteiger partial charge in [-0.1, -0.05) is 60.7 Å². The Morgan fingerprint density at radius 3 is 2.23 bits per heavy atom. The molecule has 4 heteroatoms. The van der Waals surface area contributed by atoms with E-state index in [9.17, 15) is 5.11 Å². The van der Waals surface area contributed by atoms with Crippen LogP contribution >= 0.6 is 0 Å². The van der Waals surface area contributed by atoms with Crippen molar-refractivity contribution in [3.63, 3.8) is 0 Å². The van der Waals surface area contributed by atoms with E-state index in [1.54, 1.807) is 0 Å². The van der Waals surface area contributed by atoms with Gasteiger partial charge >= 0.3 is 0 Å². The van der Waals surface area contributed by atoms with Gasteiger partial charge in [-0.05, 0) is 11.1 Å². The van der Waals surface area contributed by atoms with E-state index in [-0.39, 0.29) is 24.4 Å². The average Bonchev–Trinajstić information content (AvgIpc) is 3.47. The third-order valence-electron chi connectivity index (χ3n) is 4.99. The van der Waals surface area contributed by atoms with Crippen LogP contribution in [0.1, 0.15) is 23.2 Å². The summed E-state index contributed by atoms with van der Waals surface area (Å²) in [7, 11) is 0. The van der Waals surface area contributed by atoms with Crippen molar-refractivity contribution in [1.82, 2.24) is 10.2 Å². The lowest BCUT2D eigenvalue weighted by atomic mass is 10.1. The van der Waals surface area contributed by atoms with Crippen LogP contribution in [0.5, 0.6) is 0 Å². The van der Waals surface area contributed by atoms with Gasteiger partial charge in [-0.2, -0.15) is 0 Å². The first-order valence-electron chi connectivity index (χ1n) is 7.81. The monoisotopic (exact) mass is 294 g/mol. The molecule has 2 aromatic rings. The van der Waals surface area contributed by atoms with Gasteiger partial charge in [0.05, 0.1) is 24.2 Å². The second-order valence-electron chi connectivity index (χ2n) is 6.29. The first-order valence-corrected chi connectivity index (χ1v) is 7.81. The minimum absolute atomic E-state index is 0.0459. The third kappa shape index (κ3) is 1.85. The maximum atomic E-state index is 10.2. The highest BCUT2D eigenvalue weighted by molar-refractivity contribution is 5.33. The molecule has 3 fully saturated rings. The van der Waals surface area contributed by atoms with E-state index in [0.29, 0.717) is 6.04 Å². The Morgan fingerprint density at radius 2 is 1.55 bits per heavy atom. The molecule has 0 aliphatic carbocycles. The van der Waals surface area contributed by atoms with Crippen LogP contribution in [0.3, 0.4) is 0 Å². The second-order valence-corrected chi connectivity index (χ2v) is 6.29. The Bertz CT molecular complexity index is 678. The van der Waals surface area contributed by atoms with Crippen molar-refractivity contribution in [3.8, 4) is 0 Å². The van der Waals surface area contributed by atoms with Crippen molar-refractivity contribution >= 4 is 0 Å². The summed E-state index contributed by atoms with van der Waals surface area (Å²) in [5, 5.41) is 13.7. The fourth-order valence-electron chi connectivity index (χ4n) is 3.84. The van der Waals surface area contributed by atoms with Crippen molar-refractivity contribution in [2.24, 2.45) is 0 Å². The topological polar surface area (TPSA) is 54.4 Å². The molecule has 22 heavy (non-hydrogen) atoms. The highest BCUT2D eigenvalue weighted by atomic mass is 16.6. The second kappa shape index (κ2) is 4.64. The predicted molar refractivity (Wildman–Crippen MR) is 81.8 cm³/mol. The first-order chi connectivity index (χ1) is 10.8. The maximum absolute atomic E-state index is 10.2. The van der Waals surface area contributed by atoms with Gasteiger partial charge < -0.3 is 15.2 Å². The van der Waals surface area contributed by atoms with E-state index >= 15 is 0 Å². The van der Waals surface area contributed by atoms with Gasteiger partial charge in [-0.3, -0.25) is 4.90 Å². The smallest absolute Gasteiger partial charge is 0.174 e. The number of hydrogen-bond acceptors (Lipinski definition) is 4. The summed E-state index contributed by atoms with van der Waals surface area (Å²) in [5.74, 6) is 0. The van der Waals surface area contributed by atoms with Crippen LogP contribution in [0.4, 0.5) is 0 Å². The van der Waals surface area contributed by atoms with Crippen molar-refractivity contribution < 1.29 is 9.84 Å². The van der Waals surface area contributed by atoms with Crippen LogP contribution in [-0.4, -0.2) is 34.6 Å². The lowest BCUT2D eigenvalue weighted by Gasteiger charge is -2.17. The normalized spacial score (nSPS) is 42.0. The molecule has 0 saturated carbocycles. The van der Waals surface area contributed by atoms with E-state index in [0.717, 1.165) is 0 Å². The molecule has 4 nitrogen and oxygen atoms in total. The molecule has 3 heterocycles. The van der Waals surface area contributed by atoms with Crippen LogP contribution < -0.4 is 5.32 Å². The lowest BCUT2D eigenvalue weighted by molar-refractivity contribution is -0.118. The standard InChI is InChI=1S/C18H18N2O2/c21-18-16-15(12-9-5-2-6-10-12)20(16)17(22-18)14-13(19-14)11-7-3-1-4-8-11/h1-10,13-19,21H/t13-,14+,15-,16+,17-,18-,20?/m1/s1. The van der Waals surface area contributed by atoms with Gasteiger partial charge in [0.15, 0.2) is 6.29 Å². The molecule has 0 amide bonds. The van der Waals surface area contributed by atoms with E-state index in [2.05, 4.69) is 58.7 Å². The molecule has 1 unspecified atom stereocenters. The maximum Gasteiger partial charge on any atom is 0.174 e. The Balaban J connectivity index is 1.35. The number of ether oxygens (including phenoxy) is 1. The highest BCUT2D eigenvalue weighted by Crippen LogP contribution is 2.55. The Hall–Kier alpha value is -1.72. The molecule has 3 aliphatic rings. The molecule has 112 valence electrons. The number of nitrogens with zero attached hydrogens (tertiary/aromatic N) is 1. The Labute approximate surface area is 129 Å².